The molecule has 4 saturated heterocycles. The molecule has 20 heavy (non-hydrogen) atoms. The maximum Gasteiger partial charge on any atom is 0.0902 e. The van der Waals surface area contributed by atoms with Crippen LogP contribution in [0.25, 0.3) is 0 Å². The molecule has 0 aromatic carbocycles. The first-order valence-corrected chi connectivity index (χ1v) is 7.64. The molecule has 2 unspecified atom stereocenters. The summed E-state index contributed by atoms with van der Waals surface area (Å²) in [6, 6.07) is 4.20. The smallest absolute Gasteiger partial charge is 0.0902 e. The molecule has 4 nitrogen and oxygen atoms in total. The van der Waals surface area contributed by atoms with E-state index in [1.54, 1.807) is 0 Å². The third-order valence-electron chi connectivity index (χ3n) is 5.78. The standard InChI is InChI=1S/C16H23N3O/c1-3-16-10-18-8-15(2,14(16)20)9-19(11-16)13(18)12-5-4-6-17-7-12/h4-7,13-14,20H,3,8-11H2,1-2H3/t13?,14-,15?,16?/m1/s1. The number of rotatable bonds is 2. The van der Waals surface area contributed by atoms with Crippen molar-refractivity contribution in [1.29, 1.82) is 0 Å². The van der Waals surface area contributed by atoms with E-state index in [0.29, 0.717) is 6.17 Å². The highest BCUT2D eigenvalue weighted by Crippen LogP contribution is 2.55. The van der Waals surface area contributed by atoms with Crippen molar-refractivity contribution in [3.05, 3.63) is 30.1 Å². The summed E-state index contributed by atoms with van der Waals surface area (Å²) in [6.07, 6.45) is 5.07. The number of hydrogen-bond acceptors (Lipinski definition) is 4. The average Bonchev–Trinajstić information content (AvgIpc) is 2.44. The van der Waals surface area contributed by atoms with Gasteiger partial charge in [0.15, 0.2) is 0 Å². The van der Waals surface area contributed by atoms with Crippen molar-refractivity contribution in [2.75, 3.05) is 26.2 Å². The number of piperidine rings is 2. The molecular formula is C16H23N3O. The van der Waals surface area contributed by atoms with Gasteiger partial charge in [0.1, 0.15) is 0 Å². The van der Waals surface area contributed by atoms with Gasteiger partial charge in [-0.1, -0.05) is 19.9 Å². The molecule has 0 aliphatic carbocycles. The Morgan fingerprint density at radius 1 is 1.30 bits per heavy atom. The van der Waals surface area contributed by atoms with Crippen LogP contribution in [0.1, 0.15) is 32.0 Å². The minimum atomic E-state index is -0.164. The SMILES string of the molecule is CCC12CN3CC(C)(CN(C1)C3c1cccnc1)[C@H]2O. The van der Waals surface area contributed by atoms with Crippen molar-refractivity contribution < 1.29 is 5.11 Å². The van der Waals surface area contributed by atoms with Gasteiger partial charge in [0.05, 0.1) is 12.3 Å². The van der Waals surface area contributed by atoms with Gasteiger partial charge in [-0.2, -0.15) is 0 Å². The number of hydrogen-bond donors (Lipinski definition) is 1. The first kappa shape index (κ1) is 12.7. The Balaban J connectivity index is 1.74. The van der Waals surface area contributed by atoms with E-state index < -0.39 is 0 Å². The number of nitrogens with zero attached hydrogens (tertiary/aromatic N) is 3. The first-order chi connectivity index (χ1) is 9.58. The van der Waals surface area contributed by atoms with E-state index in [-0.39, 0.29) is 16.9 Å². The fourth-order valence-corrected chi connectivity index (χ4v) is 4.98. The van der Waals surface area contributed by atoms with E-state index in [1.165, 1.54) is 5.56 Å². The lowest BCUT2D eigenvalue weighted by Gasteiger charge is -2.69. The Morgan fingerprint density at radius 2 is 2.00 bits per heavy atom. The number of pyridine rings is 1. The van der Waals surface area contributed by atoms with Gasteiger partial charge in [0.25, 0.3) is 0 Å². The number of aliphatic hydroxyl groups excluding tert-OH is 1. The predicted octanol–water partition coefficient (Wildman–Crippen LogP) is 1.49. The van der Waals surface area contributed by atoms with Crippen LogP contribution in [0, 0.1) is 10.8 Å². The predicted molar refractivity (Wildman–Crippen MR) is 77.0 cm³/mol. The molecule has 4 bridgehead atoms. The van der Waals surface area contributed by atoms with Crippen LogP contribution in [0.3, 0.4) is 0 Å². The van der Waals surface area contributed by atoms with Crippen LogP contribution in [-0.4, -0.2) is 52.2 Å². The monoisotopic (exact) mass is 273 g/mol. The van der Waals surface area contributed by atoms with E-state index in [9.17, 15) is 5.11 Å². The van der Waals surface area contributed by atoms with E-state index >= 15 is 0 Å². The van der Waals surface area contributed by atoms with Crippen molar-refractivity contribution in [2.24, 2.45) is 10.8 Å². The summed E-state index contributed by atoms with van der Waals surface area (Å²) in [6.45, 7) is 8.48. The van der Waals surface area contributed by atoms with Crippen molar-refractivity contribution in [2.45, 2.75) is 32.5 Å². The summed E-state index contributed by atoms with van der Waals surface area (Å²) in [5, 5.41) is 10.8. The van der Waals surface area contributed by atoms with Crippen LogP contribution in [-0.2, 0) is 0 Å². The second-order valence-electron chi connectivity index (χ2n) is 7.24. The summed E-state index contributed by atoms with van der Waals surface area (Å²) < 4.78 is 0. The maximum absolute atomic E-state index is 10.8. The zero-order chi connectivity index (χ0) is 14.0. The normalized spacial score (nSPS) is 49.5. The summed E-state index contributed by atoms with van der Waals surface area (Å²) in [7, 11) is 0. The minimum Gasteiger partial charge on any atom is -0.392 e. The summed E-state index contributed by atoms with van der Waals surface area (Å²) >= 11 is 0. The molecule has 5 heterocycles. The van der Waals surface area contributed by atoms with E-state index in [0.717, 1.165) is 32.6 Å². The van der Waals surface area contributed by atoms with Gasteiger partial charge in [-0.05, 0) is 12.5 Å². The van der Waals surface area contributed by atoms with Gasteiger partial charge in [-0.25, -0.2) is 0 Å². The summed E-state index contributed by atoms with van der Waals surface area (Å²) in [5.74, 6) is 0. The zero-order valence-electron chi connectivity index (χ0n) is 12.3. The van der Waals surface area contributed by atoms with Gasteiger partial charge in [0.2, 0.25) is 0 Å². The van der Waals surface area contributed by atoms with Crippen molar-refractivity contribution in [3.8, 4) is 0 Å². The highest BCUT2D eigenvalue weighted by atomic mass is 16.3. The van der Waals surface area contributed by atoms with Crippen LogP contribution >= 0.6 is 0 Å². The Morgan fingerprint density at radius 3 is 2.55 bits per heavy atom. The van der Waals surface area contributed by atoms with Gasteiger partial charge < -0.3 is 5.11 Å². The van der Waals surface area contributed by atoms with Crippen LogP contribution in [0.5, 0.6) is 0 Å². The molecule has 4 aliphatic rings. The molecule has 108 valence electrons. The quantitative estimate of drug-likeness (QED) is 0.886. The van der Waals surface area contributed by atoms with Crippen molar-refractivity contribution >= 4 is 0 Å². The lowest BCUT2D eigenvalue weighted by atomic mass is 9.59. The Hall–Kier alpha value is -0.970. The first-order valence-electron chi connectivity index (χ1n) is 7.64. The summed E-state index contributed by atoms with van der Waals surface area (Å²) in [5.41, 5.74) is 1.37. The van der Waals surface area contributed by atoms with E-state index in [1.807, 2.05) is 18.5 Å². The van der Waals surface area contributed by atoms with Gasteiger partial charge >= 0.3 is 0 Å². The van der Waals surface area contributed by atoms with E-state index in [4.69, 9.17) is 0 Å². The lowest BCUT2D eigenvalue weighted by molar-refractivity contribution is -0.260. The van der Waals surface area contributed by atoms with E-state index in [2.05, 4.69) is 34.7 Å². The maximum atomic E-state index is 10.8. The molecule has 4 heteroatoms. The molecule has 1 aromatic rings. The number of aromatic nitrogens is 1. The van der Waals surface area contributed by atoms with Crippen molar-refractivity contribution in [3.63, 3.8) is 0 Å². The molecule has 0 spiro atoms. The largest absolute Gasteiger partial charge is 0.392 e. The molecule has 5 rings (SSSR count). The molecule has 4 fully saturated rings. The number of aliphatic hydroxyl groups is 1. The zero-order valence-corrected chi connectivity index (χ0v) is 12.3. The molecule has 0 amide bonds. The fourth-order valence-electron chi connectivity index (χ4n) is 4.98. The Bertz CT molecular complexity index is 502. The molecule has 3 atom stereocenters. The Kier molecular flexibility index (Phi) is 2.57. The van der Waals surface area contributed by atoms with Crippen LogP contribution in [0.15, 0.2) is 24.5 Å². The third kappa shape index (κ3) is 1.50. The van der Waals surface area contributed by atoms with Crippen LogP contribution in [0.4, 0.5) is 0 Å². The van der Waals surface area contributed by atoms with Crippen LogP contribution < -0.4 is 0 Å². The van der Waals surface area contributed by atoms with Gasteiger partial charge in [0, 0.05) is 55.0 Å². The summed E-state index contributed by atoms with van der Waals surface area (Å²) in [4.78, 5) is 9.40. The topological polar surface area (TPSA) is 39.6 Å². The third-order valence-corrected chi connectivity index (χ3v) is 5.78. The molecular weight excluding hydrogens is 250 g/mol. The van der Waals surface area contributed by atoms with Crippen molar-refractivity contribution in [1.82, 2.24) is 14.8 Å². The highest BCUT2D eigenvalue weighted by molar-refractivity contribution is 5.22. The average molecular weight is 273 g/mol. The van der Waals surface area contributed by atoms with Gasteiger partial charge in [-0.15, -0.1) is 0 Å². The second kappa shape index (κ2) is 4.03. The molecule has 1 N–H and O–H groups in total. The molecule has 0 saturated carbocycles. The molecule has 4 aliphatic heterocycles. The molecule has 0 radical (unpaired) electrons. The Labute approximate surface area is 120 Å². The second-order valence-corrected chi connectivity index (χ2v) is 7.24. The minimum absolute atomic E-state index is 0.0191. The van der Waals surface area contributed by atoms with Crippen LogP contribution in [0.2, 0.25) is 0 Å². The lowest BCUT2D eigenvalue weighted by Crippen LogP contribution is -2.77. The molecule has 1 aromatic heterocycles. The highest BCUT2D eigenvalue weighted by Gasteiger charge is 2.62. The fraction of sp³-hybridized carbons (Fsp3) is 0.688. The van der Waals surface area contributed by atoms with Gasteiger partial charge in [-0.3, -0.25) is 14.8 Å².